The van der Waals surface area contributed by atoms with E-state index < -0.39 is 5.97 Å². The first kappa shape index (κ1) is 16.2. The summed E-state index contributed by atoms with van der Waals surface area (Å²) in [6.07, 6.45) is 0. The summed E-state index contributed by atoms with van der Waals surface area (Å²) in [5.41, 5.74) is 1.86. The van der Waals surface area contributed by atoms with Crippen LogP contribution >= 0.6 is 11.3 Å². The number of aryl methyl sites for hydroxylation is 3. The number of carbonyl (C=O) groups excluding carboxylic acids is 2. The van der Waals surface area contributed by atoms with Gasteiger partial charge >= 0.3 is 5.97 Å². The molecule has 0 atom stereocenters. The Balaban J connectivity index is 2.08. The Bertz CT molecular complexity index is 715. The largest absolute Gasteiger partial charge is 0.496 e. The van der Waals surface area contributed by atoms with Gasteiger partial charge in [0.1, 0.15) is 11.3 Å². The molecular formula is C17H18O4S. The first-order valence-electron chi connectivity index (χ1n) is 6.84. The second-order valence-corrected chi connectivity index (χ2v) is 6.49. The van der Waals surface area contributed by atoms with Crippen LogP contribution < -0.4 is 4.74 Å². The third kappa shape index (κ3) is 3.54. The summed E-state index contributed by atoms with van der Waals surface area (Å²) in [5, 5.41) is 0. The van der Waals surface area contributed by atoms with Crippen molar-refractivity contribution in [3.05, 3.63) is 50.7 Å². The highest BCUT2D eigenvalue weighted by atomic mass is 32.1. The van der Waals surface area contributed by atoms with Gasteiger partial charge in [0.2, 0.25) is 5.78 Å². The Kier molecular flexibility index (Phi) is 4.98. The molecule has 2 aromatic rings. The van der Waals surface area contributed by atoms with Crippen molar-refractivity contribution in [2.45, 2.75) is 20.8 Å². The fourth-order valence-electron chi connectivity index (χ4n) is 2.18. The Labute approximate surface area is 133 Å². The monoisotopic (exact) mass is 318 g/mol. The molecule has 0 saturated carbocycles. The number of Topliss-reactive ketones (excluding diaryl/α,β-unsaturated/α-hetero) is 1. The number of ketones is 1. The maximum atomic E-state index is 12.2. The minimum absolute atomic E-state index is 0.193. The highest BCUT2D eigenvalue weighted by Crippen LogP contribution is 2.22. The Morgan fingerprint density at radius 2 is 1.82 bits per heavy atom. The molecule has 0 radical (unpaired) electrons. The van der Waals surface area contributed by atoms with E-state index in [4.69, 9.17) is 9.47 Å². The van der Waals surface area contributed by atoms with Gasteiger partial charge in [-0.15, -0.1) is 11.3 Å². The van der Waals surface area contributed by atoms with Gasteiger partial charge in [-0.3, -0.25) is 4.79 Å². The predicted molar refractivity (Wildman–Crippen MR) is 86.1 cm³/mol. The van der Waals surface area contributed by atoms with Crippen LogP contribution in [-0.2, 0) is 4.74 Å². The molecule has 0 amide bonds. The molecule has 1 heterocycles. The molecule has 116 valence electrons. The summed E-state index contributed by atoms with van der Waals surface area (Å²) in [6, 6.07) is 7.06. The van der Waals surface area contributed by atoms with Gasteiger partial charge in [-0.2, -0.15) is 0 Å². The third-order valence-corrected chi connectivity index (χ3v) is 4.22. The number of rotatable bonds is 5. The summed E-state index contributed by atoms with van der Waals surface area (Å²) in [4.78, 5) is 26.3. The molecule has 2 rings (SSSR count). The average molecular weight is 318 g/mol. The van der Waals surface area contributed by atoms with E-state index >= 15 is 0 Å². The van der Waals surface area contributed by atoms with Crippen LogP contribution in [0.4, 0.5) is 0 Å². The summed E-state index contributed by atoms with van der Waals surface area (Å²) in [7, 11) is 1.49. The van der Waals surface area contributed by atoms with Crippen molar-refractivity contribution in [2.75, 3.05) is 13.7 Å². The first-order chi connectivity index (χ1) is 10.4. The molecule has 0 unspecified atom stereocenters. The van der Waals surface area contributed by atoms with Gasteiger partial charge in [0.05, 0.1) is 7.11 Å². The van der Waals surface area contributed by atoms with Crippen molar-refractivity contribution in [2.24, 2.45) is 0 Å². The number of carbonyl (C=O) groups is 2. The number of esters is 1. The Morgan fingerprint density at radius 1 is 1.09 bits per heavy atom. The topological polar surface area (TPSA) is 52.6 Å². The van der Waals surface area contributed by atoms with Gasteiger partial charge < -0.3 is 9.47 Å². The lowest BCUT2D eigenvalue weighted by Crippen LogP contribution is -2.15. The number of thiophene rings is 1. The van der Waals surface area contributed by atoms with Gasteiger partial charge in [-0.1, -0.05) is 11.6 Å². The van der Waals surface area contributed by atoms with Crippen molar-refractivity contribution >= 4 is 23.1 Å². The molecule has 0 aliphatic carbocycles. The van der Waals surface area contributed by atoms with Crippen LogP contribution in [0.3, 0.4) is 0 Å². The number of methoxy groups -OCH3 is 1. The molecular weight excluding hydrogens is 300 g/mol. The van der Waals surface area contributed by atoms with E-state index in [1.54, 1.807) is 23.5 Å². The first-order valence-corrected chi connectivity index (χ1v) is 7.66. The fraction of sp³-hybridized carbons (Fsp3) is 0.294. The maximum absolute atomic E-state index is 12.2. The second-order valence-electron chi connectivity index (χ2n) is 5.03. The van der Waals surface area contributed by atoms with E-state index in [0.717, 1.165) is 15.3 Å². The summed E-state index contributed by atoms with van der Waals surface area (Å²) >= 11 is 1.55. The average Bonchev–Trinajstić information content (AvgIpc) is 2.83. The lowest BCUT2D eigenvalue weighted by Gasteiger charge is -2.09. The molecule has 5 heteroatoms. The predicted octanol–water partition coefficient (Wildman–Crippen LogP) is 3.72. The summed E-state index contributed by atoms with van der Waals surface area (Å²) < 4.78 is 10.3. The quantitative estimate of drug-likeness (QED) is 0.623. The number of benzene rings is 1. The fourth-order valence-corrected chi connectivity index (χ4v) is 3.12. The molecule has 0 bridgehead atoms. The zero-order valence-corrected chi connectivity index (χ0v) is 13.9. The van der Waals surface area contributed by atoms with E-state index in [9.17, 15) is 9.59 Å². The number of ether oxygens (including phenoxy) is 2. The SMILES string of the molecule is COc1ccc(C)cc1C(=O)OCC(=O)c1cc(C)sc1C. The van der Waals surface area contributed by atoms with Crippen molar-refractivity contribution < 1.29 is 19.1 Å². The van der Waals surface area contributed by atoms with Gasteiger partial charge in [-0.25, -0.2) is 4.79 Å². The van der Waals surface area contributed by atoms with Crippen LogP contribution in [-0.4, -0.2) is 25.5 Å². The summed E-state index contributed by atoms with van der Waals surface area (Å²) in [5.74, 6) is -0.314. The zero-order chi connectivity index (χ0) is 16.3. The molecule has 0 saturated heterocycles. The van der Waals surface area contributed by atoms with Gasteiger partial charge in [0, 0.05) is 15.3 Å². The molecule has 22 heavy (non-hydrogen) atoms. The lowest BCUT2D eigenvalue weighted by molar-refractivity contribution is 0.0471. The molecule has 1 aromatic heterocycles. The molecule has 0 aliphatic heterocycles. The van der Waals surface area contributed by atoms with Crippen LogP contribution in [0.1, 0.15) is 36.0 Å². The van der Waals surface area contributed by atoms with Gasteiger partial charge in [0.25, 0.3) is 0 Å². The smallest absolute Gasteiger partial charge is 0.342 e. The molecule has 1 aromatic carbocycles. The van der Waals surface area contributed by atoms with Gasteiger partial charge in [0.15, 0.2) is 6.61 Å². The Morgan fingerprint density at radius 3 is 2.41 bits per heavy atom. The zero-order valence-electron chi connectivity index (χ0n) is 13.1. The highest BCUT2D eigenvalue weighted by Gasteiger charge is 2.18. The molecule has 0 aliphatic rings. The van der Waals surface area contributed by atoms with E-state index in [1.807, 2.05) is 32.9 Å². The minimum Gasteiger partial charge on any atom is -0.496 e. The van der Waals surface area contributed by atoms with Crippen LogP contribution in [0.2, 0.25) is 0 Å². The summed E-state index contributed by atoms with van der Waals surface area (Å²) in [6.45, 7) is 5.43. The Hall–Kier alpha value is -2.14. The third-order valence-electron chi connectivity index (χ3n) is 3.25. The standard InChI is InChI=1S/C17H18O4S/c1-10-5-6-16(20-4)14(7-10)17(19)21-9-15(18)13-8-11(2)22-12(13)3/h5-8H,9H2,1-4H3. The van der Waals surface area contributed by atoms with Crippen molar-refractivity contribution in [3.8, 4) is 5.75 Å². The van der Waals surface area contributed by atoms with Crippen molar-refractivity contribution in [1.82, 2.24) is 0 Å². The molecule has 0 N–H and O–H groups in total. The maximum Gasteiger partial charge on any atom is 0.342 e. The van der Waals surface area contributed by atoms with Crippen LogP contribution in [0, 0.1) is 20.8 Å². The highest BCUT2D eigenvalue weighted by molar-refractivity contribution is 7.12. The van der Waals surface area contributed by atoms with Crippen molar-refractivity contribution in [3.63, 3.8) is 0 Å². The van der Waals surface area contributed by atoms with E-state index in [1.165, 1.54) is 7.11 Å². The van der Waals surface area contributed by atoms with Crippen LogP contribution in [0.5, 0.6) is 5.75 Å². The van der Waals surface area contributed by atoms with Crippen molar-refractivity contribution in [1.29, 1.82) is 0 Å². The molecule has 4 nitrogen and oxygen atoms in total. The lowest BCUT2D eigenvalue weighted by atomic mass is 10.1. The molecule has 0 fully saturated rings. The van der Waals surface area contributed by atoms with E-state index in [-0.39, 0.29) is 12.4 Å². The van der Waals surface area contributed by atoms with Gasteiger partial charge in [-0.05, 0) is 39.0 Å². The van der Waals surface area contributed by atoms with Crippen LogP contribution in [0.25, 0.3) is 0 Å². The van der Waals surface area contributed by atoms with E-state index in [0.29, 0.717) is 16.9 Å². The second kappa shape index (κ2) is 6.75. The molecule has 0 spiro atoms. The number of hydrogen-bond acceptors (Lipinski definition) is 5. The minimum atomic E-state index is -0.557. The number of hydrogen-bond donors (Lipinski definition) is 0. The van der Waals surface area contributed by atoms with E-state index in [2.05, 4.69) is 0 Å². The normalized spacial score (nSPS) is 10.4. The van der Waals surface area contributed by atoms with Crippen LogP contribution in [0.15, 0.2) is 24.3 Å².